The van der Waals surface area contributed by atoms with Crippen molar-refractivity contribution in [1.82, 2.24) is 15.2 Å². The first-order valence-electron chi connectivity index (χ1n) is 8.89. The molecule has 134 valence electrons. The fourth-order valence-corrected chi connectivity index (χ4v) is 2.79. The molecule has 5 heteroatoms. The number of aromatic nitrogens is 3. The van der Waals surface area contributed by atoms with Crippen molar-refractivity contribution in [2.45, 2.75) is 33.0 Å². The predicted octanol–water partition coefficient (Wildman–Crippen LogP) is 3.92. The summed E-state index contributed by atoms with van der Waals surface area (Å²) >= 11 is 0. The second-order valence-electron chi connectivity index (χ2n) is 6.66. The number of benzene rings is 2. The minimum atomic E-state index is 0.270. The molecule has 5 nitrogen and oxygen atoms in total. The summed E-state index contributed by atoms with van der Waals surface area (Å²) in [6.45, 7) is 5.82. The first kappa shape index (κ1) is 17.9. The van der Waals surface area contributed by atoms with Crippen LogP contribution in [0.15, 0.2) is 66.9 Å². The molecule has 0 N–H and O–H groups in total. The van der Waals surface area contributed by atoms with Gasteiger partial charge in [-0.3, -0.25) is 0 Å². The van der Waals surface area contributed by atoms with Gasteiger partial charge in [0, 0.05) is 26.2 Å². The molecule has 0 radical (unpaired) electrons. The molecule has 2 aromatic carbocycles. The largest absolute Gasteiger partial charge is 0.354 e. The van der Waals surface area contributed by atoms with Crippen LogP contribution in [-0.2, 0) is 13.1 Å². The maximum atomic E-state index is 4.76. The number of rotatable bonds is 7. The highest BCUT2D eigenvalue weighted by molar-refractivity contribution is 5.42. The molecule has 0 fully saturated rings. The van der Waals surface area contributed by atoms with Gasteiger partial charge in [0.2, 0.25) is 5.95 Å². The van der Waals surface area contributed by atoms with E-state index in [1.807, 2.05) is 31.3 Å². The number of hydrogen-bond donors (Lipinski definition) is 0. The lowest BCUT2D eigenvalue weighted by atomic mass is 10.2. The van der Waals surface area contributed by atoms with Gasteiger partial charge in [0.15, 0.2) is 5.82 Å². The summed E-state index contributed by atoms with van der Waals surface area (Å²) in [7, 11) is 2.03. The Morgan fingerprint density at radius 3 is 2.00 bits per heavy atom. The van der Waals surface area contributed by atoms with E-state index < -0.39 is 0 Å². The summed E-state index contributed by atoms with van der Waals surface area (Å²) in [6, 6.07) is 21.0. The molecule has 1 heterocycles. The van der Waals surface area contributed by atoms with E-state index >= 15 is 0 Å². The van der Waals surface area contributed by atoms with Crippen molar-refractivity contribution >= 4 is 11.8 Å². The third-order valence-electron chi connectivity index (χ3n) is 4.26. The highest BCUT2D eigenvalue weighted by Crippen LogP contribution is 2.19. The van der Waals surface area contributed by atoms with Crippen LogP contribution in [0, 0.1) is 0 Å². The van der Waals surface area contributed by atoms with Crippen molar-refractivity contribution in [3.63, 3.8) is 0 Å². The van der Waals surface area contributed by atoms with E-state index in [-0.39, 0.29) is 6.04 Å². The summed E-state index contributed by atoms with van der Waals surface area (Å²) in [5.41, 5.74) is 2.47. The van der Waals surface area contributed by atoms with Gasteiger partial charge in [-0.2, -0.15) is 10.1 Å². The van der Waals surface area contributed by atoms with Gasteiger partial charge in [0.1, 0.15) is 0 Å². The maximum Gasteiger partial charge on any atom is 0.247 e. The van der Waals surface area contributed by atoms with E-state index in [4.69, 9.17) is 4.98 Å². The SMILES string of the molecule is CC(C)N(Cc1ccccc1)c1nncc(N(C)Cc2ccccc2)n1. The second kappa shape index (κ2) is 8.43. The minimum absolute atomic E-state index is 0.270. The lowest BCUT2D eigenvalue weighted by Crippen LogP contribution is -2.32. The summed E-state index contributed by atoms with van der Waals surface area (Å²) < 4.78 is 0. The van der Waals surface area contributed by atoms with Crippen LogP contribution in [0.3, 0.4) is 0 Å². The maximum absolute atomic E-state index is 4.76. The van der Waals surface area contributed by atoms with Crippen LogP contribution in [0.4, 0.5) is 11.8 Å². The van der Waals surface area contributed by atoms with Gasteiger partial charge < -0.3 is 9.80 Å². The number of nitrogens with zero attached hydrogens (tertiary/aromatic N) is 5. The molecular weight excluding hydrogens is 322 g/mol. The molecular formula is C21H25N5. The normalized spacial score (nSPS) is 10.8. The highest BCUT2D eigenvalue weighted by Gasteiger charge is 2.16. The molecule has 0 aliphatic heterocycles. The highest BCUT2D eigenvalue weighted by atomic mass is 15.4. The average molecular weight is 347 g/mol. The van der Waals surface area contributed by atoms with E-state index in [0.29, 0.717) is 5.95 Å². The third-order valence-corrected chi connectivity index (χ3v) is 4.26. The lowest BCUT2D eigenvalue weighted by molar-refractivity contribution is 0.650. The van der Waals surface area contributed by atoms with Crippen LogP contribution >= 0.6 is 0 Å². The predicted molar refractivity (Wildman–Crippen MR) is 106 cm³/mol. The molecule has 0 aliphatic carbocycles. The van der Waals surface area contributed by atoms with Crippen LogP contribution < -0.4 is 9.80 Å². The number of anilines is 2. The summed E-state index contributed by atoms with van der Waals surface area (Å²) in [6.07, 6.45) is 1.72. The Bertz CT molecular complexity index is 805. The molecule has 0 bridgehead atoms. The quantitative estimate of drug-likeness (QED) is 0.648. The van der Waals surface area contributed by atoms with Crippen molar-refractivity contribution < 1.29 is 0 Å². The Kier molecular flexibility index (Phi) is 5.79. The molecule has 0 amide bonds. The van der Waals surface area contributed by atoms with Crippen LogP contribution in [0.25, 0.3) is 0 Å². The van der Waals surface area contributed by atoms with Crippen molar-refractivity contribution in [2.24, 2.45) is 0 Å². The molecule has 1 aromatic heterocycles. The van der Waals surface area contributed by atoms with E-state index in [2.05, 4.69) is 70.2 Å². The summed E-state index contributed by atoms with van der Waals surface area (Å²) in [4.78, 5) is 9.03. The zero-order valence-electron chi connectivity index (χ0n) is 15.6. The van der Waals surface area contributed by atoms with Crippen LogP contribution in [0.5, 0.6) is 0 Å². The second-order valence-corrected chi connectivity index (χ2v) is 6.66. The standard InChI is InChI=1S/C21H25N5/c1-17(2)26(16-19-12-8-5-9-13-19)21-23-20(14-22-24-21)25(3)15-18-10-6-4-7-11-18/h4-14,17H,15-16H2,1-3H3. The monoisotopic (exact) mass is 347 g/mol. The molecule has 0 unspecified atom stereocenters. The van der Waals surface area contributed by atoms with Gasteiger partial charge in [0.05, 0.1) is 6.20 Å². The molecule has 0 saturated heterocycles. The van der Waals surface area contributed by atoms with E-state index in [9.17, 15) is 0 Å². The van der Waals surface area contributed by atoms with Crippen molar-refractivity contribution in [2.75, 3.05) is 16.8 Å². The zero-order valence-corrected chi connectivity index (χ0v) is 15.6. The fraction of sp³-hybridized carbons (Fsp3) is 0.286. The van der Waals surface area contributed by atoms with Crippen LogP contribution in [-0.4, -0.2) is 28.3 Å². The Hall–Kier alpha value is -2.95. The molecule has 3 aromatic rings. The summed E-state index contributed by atoms with van der Waals surface area (Å²) in [5.74, 6) is 1.47. The minimum Gasteiger partial charge on any atom is -0.354 e. The van der Waals surface area contributed by atoms with Gasteiger partial charge in [-0.25, -0.2) is 0 Å². The van der Waals surface area contributed by atoms with Crippen molar-refractivity contribution in [3.05, 3.63) is 78.0 Å². The Labute approximate surface area is 155 Å². The van der Waals surface area contributed by atoms with Gasteiger partial charge in [-0.1, -0.05) is 60.7 Å². The molecule has 0 atom stereocenters. The average Bonchev–Trinajstić information content (AvgIpc) is 2.67. The molecule has 0 saturated carbocycles. The van der Waals surface area contributed by atoms with Crippen LogP contribution in [0.2, 0.25) is 0 Å². The van der Waals surface area contributed by atoms with Gasteiger partial charge in [-0.05, 0) is 25.0 Å². The fourth-order valence-electron chi connectivity index (χ4n) is 2.79. The Balaban J connectivity index is 1.79. The van der Waals surface area contributed by atoms with Gasteiger partial charge in [-0.15, -0.1) is 5.10 Å². The molecule has 0 aliphatic rings. The van der Waals surface area contributed by atoms with Crippen molar-refractivity contribution in [1.29, 1.82) is 0 Å². The summed E-state index contributed by atoms with van der Waals surface area (Å²) in [5, 5.41) is 8.48. The molecule has 0 spiro atoms. The van der Waals surface area contributed by atoms with Gasteiger partial charge >= 0.3 is 0 Å². The van der Waals surface area contributed by atoms with E-state index in [1.54, 1.807) is 6.20 Å². The first-order chi connectivity index (χ1) is 12.6. The first-order valence-corrected chi connectivity index (χ1v) is 8.89. The Morgan fingerprint density at radius 1 is 0.846 bits per heavy atom. The van der Waals surface area contributed by atoms with E-state index in [0.717, 1.165) is 18.9 Å². The topological polar surface area (TPSA) is 45.2 Å². The Morgan fingerprint density at radius 2 is 1.42 bits per heavy atom. The lowest BCUT2D eigenvalue weighted by Gasteiger charge is -2.27. The number of hydrogen-bond acceptors (Lipinski definition) is 5. The molecule has 3 rings (SSSR count). The van der Waals surface area contributed by atoms with E-state index in [1.165, 1.54) is 11.1 Å². The zero-order chi connectivity index (χ0) is 18.4. The van der Waals surface area contributed by atoms with Crippen molar-refractivity contribution in [3.8, 4) is 0 Å². The van der Waals surface area contributed by atoms with Crippen LogP contribution in [0.1, 0.15) is 25.0 Å². The molecule has 26 heavy (non-hydrogen) atoms. The third kappa shape index (κ3) is 4.57. The smallest absolute Gasteiger partial charge is 0.247 e. The van der Waals surface area contributed by atoms with Gasteiger partial charge in [0.25, 0.3) is 0 Å².